The number of rotatable bonds is 2. The Kier molecular flexibility index (Phi) is 2.97. The lowest BCUT2D eigenvalue weighted by Gasteiger charge is -2.06. The van der Waals surface area contributed by atoms with Crippen LogP contribution in [0.1, 0.15) is 5.56 Å². The van der Waals surface area contributed by atoms with E-state index in [1.165, 1.54) is 0 Å². The van der Waals surface area contributed by atoms with Crippen molar-refractivity contribution in [1.82, 2.24) is 5.43 Å². The minimum Gasteiger partial charge on any atom is -0.464 e. The van der Waals surface area contributed by atoms with Crippen LogP contribution in [0.5, 0.6) is 0 Å². The zero-order chi connectivity index (χ0) is 9.84. The number of carbonyl (C=O) groups is 1. The fourth-order valence-corrected chi connectivity index (χ4v) is 0.977. The van der Waals surface area contributed by atoms with Gasteiger partial charge in [0.25, 0.3) is 0 Å². The van der Waals surface area contributed by atoms with Crippen molar-refractivity contribution >= 4 is 23.4 Å². The second-order valence-corrected chi connectivity index (χ2v) is 2.93. The average molecular weight is 201 g/mol. The van der Waals surface area contributed by atoms with Gasteiger partial charge in [-0.1, -0.05) is 17.7 Å². The van der Waals surface area contributed by atoms with E-state index in [4.69, 9.17) is 16.7 Å². The first kappa shape index (κ1) is 9.67. The summed E-state index contributed by atoms with van der Waals surface area (Å²) >= 11 is 5.81. The van der Waals surface area contributed by atoms with Crippen LogP contribution in [0.2, 0.25) is 5.02 Å². The normalized spacial score (nSPS) is 9.38. The summed E-state index contributed by atoms with van der Waals surface area (Å²) in [6.45, 7) is 1.87. The van der Waals surface area contributed by atoms with Crippen molar-refractivity contribution in [2.75, 3.05) is 5.43 Å². The van der Waals surface area contributed by atoms with E-state index in [0.717, 1.165) is 5.56 Å². The highest BCUT2D eigenvalue weighted by Gasteiger charge is 1.98. The number of aryl methyl sites for hydroxylation is 1. The molecule has 0 saturated heterocycles. The molecule has 5 heteroatoms. The van der Waals surface area contributed by atoms with Crippen LogP contribution >= 0.6 is 11.6 Å². The van der Waals surface area contributed by atoms with Crippen LogP contribution in [-0.2, 0) is 0 Å². The van der Waals surface area contributed by atoms with Crippen LogP contribution in [0.3, 0.4) is 0 Å². The maximum absolute atomic E-state index is 10.1. The summed E-state index contributed by atoms with van der Waals surface area (Å²) in [6, 6.07) is 5.18. The zero-order valence-electron chi connectivity index (χ0n) is 6.97. The van der Waals surface area contributed by atoms with Crippen LogP contribution in [-0.4, -0.2) is 11.2 Å². The molecule has 0 atom stereocenters. The molecular weight excluding hydrogens is 192 g/mol. The SMILES string of the molecule is Cc1ccc(NNC(=O)O)cc1Cl. The number of nitrogens with one attached hydrogen (secondary N) is 2. The number of hydrazine groups is 1. The number of carboxylic acid groups (broad SMARTS) is 1. The van der Waals surface area contributed by atoms with Gasteiger partial charge in [0.1, 0.15) is 0 Å². The topological polar surface area (TPSA) is 61.4 Å². The van der Waals surface area contributed by atoms with Crippen molar-refractivity contribution in [2.45, 2.75) is 6.92 Å². The first-order valence-electron chi connectivity index (χ1n) is 3.60. The van der Waals surface area contributed by atoms with Gasteiger partial charge in [0.05, 0.1) is 5.69 Å². The van der Waals surface area contributed by atoms with Gasteiger partial charge >= 0.3 is 6.09 Å². The van der Waals surface area contributed by atoms with Gasteiger partial charge in [-0.15, -0.1) is 0 Å². The maximum Gasteiger partial charge on any atom is 0.423 e. The number of halogens is 1. The molecule has 70 valence electrons. The predicted molar refractivity (Wildman–Crippen MR) is 51.0 cm³/mol. The summed E-state index contributed by atoms with van der Waals surface area (Å²) in [5.41, 5.74) is 6.05. The minimum atomic E-state index is -1.14. The van der Waals surface area contributed by atoms with E-state index in [1.807, 2.05) is 12.3 Å². The molecule has 0 aromatic heterocycles. The van der Waals surface area contributed by atoms with Crippen molar-refractivity contribution in [3.8, 4) is 0 Å². The molecule has 1 amide bonds. The largest absolute Gasteiger partial charge is 0.464 e. The Labute approximate surface area is 80.5 Å². The first-order valence-corrected chi connectivity index (χ1v) is 3.98. The van der Waals surface area contributed by atoms with Crippen molar-refractivity contribution in [3.05, 3.63) is 28.8 Å². The monoisotopic (exact) mass is 200 g/mol. The molecule has 0 saturated carbocycles. The molecule has 1 aromatic rings. The number of hydrogen-bond acceptors (Lipinski definition) is 2. The highest BCUT2D eigenvalue weighted by atomic mass is 35.5. The fourth-order valence-electron chi connectivity index (χ4n) is 0.796. The molecule has 0 spiro atoms. The smallest absolute Gasteiger partial charge is 0.423 e. The quantitative estimate of drug-likeness (QED) is 0.642. The van der Waals surface area contributed by atoms with E-state index in [1.54, 1.807) is 18.2 Å². The Morgan fingerprint density at radius 2 is 2.23 bits per heavy atom. The molecule has 1 rings (SSSR count). The lowest BCUT2D eigenvalue weighted by molar-refractivity contribution is 0.197. The van der Waals surface area contributed by atoms with Gasteiger partial charge < -0.3 is 5.11 Å². The van der Waals surface area contributed by atoms with Crippen LogP contribution in [0, 0.1) is 6.92 Å². The Balaban J connectivity index is 2.68. The van der Waals surface area contributed by atoms with Crippen LogP contribution in [0.15, 0.2) is 18.2 Å². The molecule has 0 fully saturated rings. The van der Waals surface area contributed by atoms with E-state index in [9.17, 15) is 4.79 Å². The van der Waals surface area contributed by atoms with Crippen molar-refractivity contribution in [1.29, 1.82) is 0 Å². The van der Waals surface area contributed by atoms with E-state index in [-0.39, 0.29) is 0 Å². The van der Waals surface area contributed by atoms with Crippen molar-refractivity contribution < 1.29 is 9.90 Å². The van der Waals surface area contributed by atoms with Gasteiger partial charge in [-0.3, -0.25) is 5.43 Å². The molecule has 0 aliphatic rings. The fraction of sp³-hybridized carbons (Fsp3) is 0.125. The second-order valence-electron chi connectivity index (χ2n) is 2.52. The third kappa shape index (κ3) is 2.83. The molecule has 4 nitrogen and oxygen atoms in total. The van der Waals surface area contributed by atoms with Gasteiger partial charge in [-0.05, 0) is 24.6 Å². The number of benzene rings is 1. The summed E-state index contributed by atoms with van der Waals surface area (Å²) in [5.74, 6) is 0. The van der Waals surface area contributed by atoms with Crippen LogP contribution < -0.4 is 10.9 Å². The molecule has 0 bridgehead atoms. The number of amides is 1. The van der Waals surface area contributed by atoms with Gasteiger partial charge in [0.2, 0.25) is 0 Å². The maximum atomic E-state index is 10.1. The summed E-state index contributed by atoms with van der Waals surface area (Å²) < 4.78 is 0. The predicted octanol–water partition coefficient (Wildman–Crippen LogP) is 2.24. The summed E-state index contributed by atoms with van der Waals surface area (Å²) in [7, 11) is 0. The minimum absolute atomic E-state index is 0.595. The van der Waals surface area contributed by atoms with E-state index in [2.05, 4.69) is 5.43 Å². The standard InChI is InChI=1S/C8H9ClN2O2/c1-5-2-3-6(4-7(5)9)10-11-8(12)13/h2-4,10-11H,1H3,(H,12,13). The summed E-state index contributed by atoms with van der Waals surface area (Å²) in [6.07, 6.45) is -1.14. The Bertz CT molecular complexity index is 328. The summed E-state index contributed by atoms with van der Waals surface area (Å²) in [4.78, 5) is 10.1. The highest BCUT2D eigenvalue weighted by Crippen LogP contribution is 2.19. The van der Waals surface area contributed by atoms with E-state index in [0.29, 0.717) is 10.7 Å². The van der Waals surface area contributed by atoms with E-state index < -0.39 is 6.09 Å². The molecule has 0 aliphatic heterocycles. The van der Waals surface area contributed by atoms with Gasteiger partial charge in [0.15, 0.2) is 0 Å². The highest BCUT2D eigenvalue weighted by molar-refractivity contribution is 6.31. The Morgan fingerprint density at radius 3 is 2.77 bits per heavy atom. The van der Waals surface area contributed by atoms with E-state index >= 15 is 0 Å². The molecule has 3 N–H and O–H groups in total. The number of anilines is 1. The van der Waals surface area contributed by atoms with Crippen molar-refractivity contribution in [3.63, 3.8) is 0 Å². The third-order valence-electron chi connectivity index (χ3n) is 1.49. The molecule has 1 aromatic carbocycles. The average Bonchev–Trinajstić information content (AvgIpc) is 2.07. The molecule has 0 radical (unpaired) electrons. The summed E-state index contributed by atoms with van der Waals surface area (Å²) in [5, 5.41) is 8.89. The molecule has 13 heavy (non-hydrogen) atoms. The third-order valence-corrected chi connectivity index (χ3v) is 1.89. The van der Waals surface area contributed by atoms with Crippen LogP contribution in [0.4, 0.5) is 10.5 Å². The zero-order valence-corrected chi connectivity index (χ0v) is 7.72. The van der Waals surface area contributed by atoms with Gasteiger partial charge in [-0.25, -0.2) is 10.2 Å². The molecule has 0 aliphatic carbocycles. The first-order chi connectivity index (χ1) is 6.09. The number of hydrogen-bond donors (Lipinski definition) is 3. The van der Waals surface area contributed by atoms with Crippen LogP contribution in [0.25, 0.3) is 0 Å². The lowest BCUT2D eigenvalue weighted by Crippen LogP contribution is -2.27. The Hall–Kier alpha value is -1.42. The Morgan fingerprint density at radius 1 is 1.54 bits per heavy atom. The second kappa shape index (κ2) is 4.00. The molecule has 0 heterocycles. The molecular formula is C8H9ClN2O2. The molecule has 0 unspecified atom stereocenters. The lowest BCUT2D eigenvalue weighted by atomic mass is 10.2. The van der Waals surface area contributed by atoms with Crippen molar-refractivity contribution in [2.24, 2.45) is 0 Å². The van der Waals surface area contributed by atoms with Gasteiger partial charge in [0, 0.05) is 5.02 Å². The van der Waals surface area contributed by atoms with Gasteiger partial charge in [-0.2, -0.15) is 0 Å².